The van der Waals surface area contributed by atoms with E-state index in [2.05, 4.69) is 53.5 Å². The molecule has 3 rings (SSSR count). The Hall–Kier alpha value is -1.48. The fourth-order valence-electron chi connectivity index (χ4n) is 2.56. The van der Waals surface area contributed by atoms with Gasteiger partial charge in [0.25, 0.3) is 0 Å². The normalized spacial score (nSPS) is 14.7. The molecular formula is C16H20N2S. The van der Waals surface area contributed by atoms with Crippen molar-refractivity contribution < 1.29 is 0 Å². The number of nitrogens with zero attached hydrogens (tertiary/aromatic N) is 1. The standard InChI is InChI=1S/C16H20N2S/c1-2-13-8-9-14(19-13)12-18-11-5-10-17-15-6-3-4-7-16(15)18/h3-4,6-9,17H,2,5,10-12H2,1H3. The van der Waals surface area contributed by atoms with Crippen LogP contribution in [0, 0.1) is 0 Å². The van der Waals surface area contributed by atoms with Crippen molar-refractivity contribution in [1.29, 1.82) is 0 Å². The summed E-state index contributed by atoms with van der Waals surface area (Å²) in [5.41, 5.74) is 2.61. The van der Waals surface area contributed by atoms with Crippen LogP contribution < -0.4 is 10.2 Å². The Balaban J connectivity index is 1.83. The predicted molar refractivity (Wildman–Crippen MR) is 84.3 cm³/mol. The minimum Gasteiger partial charge on any atom is -0.383 e. The first-order chi connectivity index (χ1) is 9.36. The first-order valence-corrected chi connectivity index (χ1v) is 7.84. The van der Waals surface area contributed by atoms with E-state index in [1.54, 1.807) is 0 Å². The Labute approximate surface area is 119 Å². The van der Waals surface area contributed by atoms with Gasteiger partial charge < -0.3 is 10.2 Å². The molecule has 1 aromatic heterocycles. The lowest BCUT2D eigenvalue weighted by atomic mass is 10.2. The summed E-state index contributed by atoms with van der Waals surface area (Å²) in [7, 11) is 0. The second-order valence-corrected chi connectivity index (χ2v) is 6.19. The highest BCUT2D eigenvalue weighted by Crippen LogP contribution is 2.30. The van der Waals surface area contributed by atoms with Gasteiger partial charge in [0.1, 0.15) is 0 Å². The van der Waals surface area contributed by atoms with Crippen LogP contribution >= 0.6 is 11.3 Å². The van der Waals surface area contributed by atoms with E-state index in [9.17, 15) is 0 Å². The summed E-state index contributed by atoms with van der Waals surface area (Å²) in [6.45, 7) is 5.45. The number of anilines is 2. The molecule has 2 heterocycles. The van der Waals surface area contributed by atoms with E-state index in [-0.39, 0.29) is 0 Å². The SMILES string of the molecule is CCc1ccc(CN2CCCNc3ccccc32)s1. The topological polar surface area (TPSA) is 15.3 Å². The molecule has 1 N–H and O–H groups in total. The highest BCUT2D eigenvalue weighted by atomic mass is 32.1. The monoisotopic (exact) mass is 272 g/mol. The van der Waals surface area contributed by atoms with E-state index in [1.165, 1.54) is 27.5 Å². The Morgan fingerprint density at radius 2 is 2.00 bits per heavy atom. The van der Waals surface area contributed by atoms with Crippen LogP contribution in [0.25, 0.3) is 0 Å². The highest BCUT2D eigenvalue weighted by Gasteiger charge is 2.15. The van der Waals surface area contributed by atoms with Crippen LogP contribution in [0.1, 0.15) is 23.1 Å². The molecule has 2 aromatic rings. The lowest BCUT2D eigenvalue weighted by molar-refractivity contribution is 0.770. The maximum atomic E-state index is 3.52. The van der Waals surface area contributed by atoms with Crippen molar-refractivity contribution in [3.05, 3.63) is 46.2 Å². The van der Waals surface area contributed by atoms with Crippen molar-refractivity contribution in [2.45, 2.75) is 26.3 Å². The molecule has 2 nitrogen and oxygen atoms in total. The van der Waals surface area contributed by atoms with Crippen LogP contribution in [0.4, 0.5) is 11.4 Å². The molecule has 0 saturated heterocycles. The fraction of sp³-hybridized carbons (Fsp3) is 0.375. The van der Waals surface area contributed by atoms with Gasteiger partial charge in [0.05, 0.1) is 17.9 Å². The molecule has 0 amide bonds. The molecule has 19 heavy (non-hydrogen) atoms. The van der Waals surface area contributed by atoms with Crippen molar-refractivity contribution in [3.8, 4) is 0 Å². The summed E-state index contributed by atoms with van der Waals surface area (Å²) < 4.78 is 0. The van der Waals surface area contributed by atoms with Crippen molar-refractivity contribution in [1.82, 2.24) is 0 Å². The number of hydrogen-bond donors (Lipinski definition) is 1. The van der Waals surface area contributed by atoms with Gasteiger partial charge in [0, 0.05) is 22.8 Å². The maximum absolute atomic E-state index is 3.52. The summed E-state index contributed by atoms with van der Waals surface area (Å²) in [6.07, 6.45) is 2.34. The minimum atomic E-state index is 1.03. The average Bonchev–Trinajstić information content (AvgIpc) is 2.80. The maximum Gasteiger partial charge on any atom is 0.0605 e. The summed E-state index contributed by atoms with van der Waals surface area (Å²) in [5.74, 6) is 0. The molecule has 3 heteroatoms. The first kappa shape index (κ1) is 12.5. The van der Waals surface area contributed by atoms with Gasteiger partial charge in [0.2, 0.25) is 0 Å². The van der Waals surface area contributed by atoms with E-state index in [4.69, 9.17) is 0 Å². The smallest absolute Gasteiger partial charge is 0.0605 e. The zero-order valence-corrected chi connectivity index (χ0v) is 12.2. The largest absolute Gasteiger partial charge is 0.383 e. The number of para-hydroxylation sites is 2. The van der Waals surface area contributed by atoms with Crippen LogP contribution in [-0.2, 0) is 13.0 Å². The third-order valence-electron chi connectivity index (χ3n) is 3.58. The summed E-state index contributed by atoms with van der Waals surface area (Å²) in [6, 6.07) is 13.2. The van der Waals surface area contributed by atoms with Gasteiger partial charge in [-0.2, -0.15) is 0 Å². The predicted octanol–water partition coefficient (Wildman–Crippen LogP) is 4.13. The Morgan fingerprint density at radius 1 is 1.16 bits per heavy atom. The number of benzene rings is 1. The second-order valence-electron chi connectivity index (χ2n) is 4.94. The molecule has 0 unspecified atom stereocenters. The van der Waals surface area contributed by atoms with Crippen molar-refractivity contribution in [2.75, 3.05) is 23.3 Å². The minimum absolute atomic E-state index is 1.03. The lowest BCUT2D eigenvalue weighted by Gasteiger charge is -2.23. The molecule has 0 spiro atoms. The number of aryl methyl sites for hydroxylation is 1. The van der Waals surface area contributed by atoms with Gasteiger partial charge in [-0.1, -0.05) is 19.1 Å². The van der Waals surface area contributed by atoms with Crippen LogP contribution in [0.2, 0.25) is 0 Å². The van der Waals surface area contributed by atoms with E-state index in [0.717, 1.165) is 26.1 Å². The van der Waals surface area contributed by atoms with Crippen LogP contribution in [0.15, 0.2) is 36.4 Å². The number of thiophene rings is 1. The molecule has 1 aliphatic heterocycles. The fourth-order valence-corrected chi connectivity index (χ4v) is 3.54. The Morgan fingerprint density at radius 3 is 2.84 bits per heavy atom. The van der Waals surface area contributed by atoms with Crippen molar-refractivity contribution in [2.24, 2.45) is 0 Å². The molecule has 1 aromatic carbocycles. The number of nitrogens with one attached hydrogen (secondary N) is 1. The van der Waals surface area contributed by atoms with Gasteiger partial charge in [-0.25, -0.2) is 0 Å². The molecule has 0 bridgehead atoms. The third-order valence-corrected chi connectivity index (χ3v) is 4.79. The van der Waals surface area contributed by atoms with Gasteiger partial charge in [-0.15, -0.1) is 11.3 Å². The van der Waals surface area contributed by atoms with Gasteiger partial charge in [0.15, 0.2) is 0 Å². The van der Waals surface area contributed by atoms with E-state index < -0.39 is 0 Å². The molecule has 0 aliphatic carbocycles. The van der Waals surface area contributed by atoms with Crippen LogP contribution in [0.3, 0.4) is 0 Å². The zero-order chi connectivity index (χ0) is 13.1. The quantitative estimate of drug-likeness (QED) is 0.903. The molecule has 1 aliphatic rings. The van der Waals surface area contributed by atoms with Crippen LogP contribution in [-0.4, -0.2) is 13.1 Å². The zero-order valence-electron chi connectivity index (χ0n) is 11.4. The molecule has 0 fully saturated rings. The number of hydrogen-bond acceptors (Lipinski definition) is 3. The van der Waals surface area contributed by atoms with Crippen LogP contribution in [0.5, 0.6) is 0 Å². The second kappa shape index (κ2) is 5.66. The Bertz CT molecular complexity index is 547. The summed E-state index contributed by atoms with van der Waals surface area (Å²) >= 11 is 1.95. The van der Waals surface area contributed by atoms with Gasteiger partial charge >= 0.3 is 0 Å². The van der Waals surface area contributed by atoms with E-state index >= 15 is 0 Å². The van der Waals surface area contributed by atoms with Crippen molar-refractivity contribution in [3.63, 3.8) is 0 Å². The number of fused-ring (bicyclic) bond motifs is 1. The third kappa shape index (κ3) is 2.76. The Kier molecular flexibility index (Phi) is 3.74. The van der Waals surface area contributed by atoms with Gasteiger partial charge in [-0.05, 0) is 37.1 Å². The first-order valence-electron chi connectivity index (χ1n) is 7.02. The van der Waals surface area contributed by atoms with E-state index in [0.29, 0.717) is 0 Å². The molecule has 100 valence electrons. The molecule has 0 saturated carbocycles. The highest BCUT2D eigenvalue weighted by molar-refractivity contribution is 7.12. The summed E-state index contributed by atoms with van der Waals surface area (Å²) in [5, 5.41) is 3.52. The summed E-state index contributed by atoms with van der Waals surface area (Å²) in [4.78, 5) is 5.45. The lowest BCUT2D eigenvalue weighted by Crippen LogP contribution is -2.22. The van der Waals surface area contributed by atoms with Gasteiger partial charge in [-0.3, -0.25) is 0 Å². The molecular weight excluding hydrogens is 252 g/mol. The van der Waals surface area contributed by atoms with E-state index in [1.807, 2.05) is 11.3 Å². The molecule has 0 radical (unpaired) electrons. The average molecular weight is 272 g/mol. The van der Waals surface area contributed by atoms with Crippen molar-refractivity contribution >= 4 is 22.7 Å². The number of rotatable bonds is 3. The molecule has 0 atom stereocenters.